The summed E-state index contributed by atoms with van der Waals surface area (Å²) in [5, 5.41) is 13.4. The number of hydrogen-bond donors (Lipinski definition) is 1. The van der Waals surface area contributed by atoms with E-state index in [4.69, 9.17) is 4.74 Å². The number of pyridine rings is 1. The zero-order chi connectivity index (χ0) is 18.4. The van der Waals surface area contributed by atoms with E-state index in [9.17, 15) is 24.5 Å². The number of aromatic nitrogens is 1. The Kier molecular flexibility index (Phi) is 5.62. The molecule has 1 aromatic carbocycles. The number of nitrogens with zero attached hydrogens (tertiary/aromatic N) is 2. The van der Waals surface area contributed by atoms with E-state index in [2.05, 4.69) is 5.32 Å². The predicted octanol–water partition coefficient (Wildman–Crippen LogP) is 1.25. The van der Waals surface area contributed by atoms with Crippen molar-refractivity contribution in [1.29, 1.82) is 0 Å². The number of rotatable bonds is 6. The third-order valence-electron chi connectivity index (χ3n) is 3.27. The first-order valence-electron chi connectivity index (χ1n) is 7.23. The van der Waals surface area contributed by atoms with Gasteiger partial charge in [0.2, 0.25) is 0 Å². The maximum Gasteiger partial charge on any atom is 0.326 e. The molecular weight excluding hydrogens is 330 g/mol. The Hall–Kier alpha value is -3.49. The molecule has 1 aromatic heterocycles. The summed E-state index contributed by atoms with van der Waals surface area (Å²) in [7, 11) is 0. The van der Waals surface area contributed by atoms with Crippen LogP contribution in [0.5, 0.6) is 0 Å². The number of esters is 1. The number of nitro benzene ring substituents is 1. The number of nitrogens with one attached hydrogen (secondary N) is 1. The number of anilines is 1. The van der Waals surface area contributed by atoms with E-state index in [0.29, 0.717) is 5.56 Å². The van der Waals surface area contributed by atoms with E-state index in [1.165, 1.54) is 30.5 Å². The van der Waals surface area contributed by atoms with Gasteiger partial charge in [0, 0.05) is 18.3 Å². The van der Waals surface area contributed by atoms with Crippen molar-refractivity contribution in [2.75, 3.05) is 11.9 Å². The molecule has 9 heteroatoms. The number of hydrogen-bond acceptors (Lipinski definition) is 6. The van der Waals surface area contributed by atoms with Gasteiger partial charge in [-0.25, -0.2) is 0 Å². The minimum Gasteiger partial charge on any atom is -0.454 e. The lowest BCUT2D eigenvalue weighted by atomic mass is 10.1. The number of ether oxygens (including phenoxy) is 1. The Morgan fingerprint density at radius 2 is 2.00 bits per heavy atom. The highest BCUT2D eigenvalue weighted by Gasteiger charge is 2.18. The quantitative estimate of drug-likeness (QED) is 0.478. The van der Waals surface area contributed by atoms with Crippen LogP contribution in [0.1, 0.15) is 5.56 Å². The van der Waals surface area contributed by atoms with Crippen molar-refractivity contribution in [1.82, 2.24) is 4.57 Å². The van der Waals surface area contributed by atoms with E-state index in [1.807, 2.05) is 0 Å². The summed E-state index contributed by atoms with van der Waals surface area (Å²) in [4.78, 5) is 45.4. The SMILES string of the molecule is Cc1cccc([N+](=O)[O-])c1NC(=O)COC(=O)Cn1ccccc1=O. The van der Waals surface area contributed by atoms with E-state index in [0.717, 1.165) is 4.57 Å². The monoisotopic (exact) mass is 345 g/mol. The Balaban J connectivity index is 1.95. The molecule has 0 atom stereocenters. The van der Waals surface area contributed by atoms with Crippen molar-refractivity contribution >= 4 is 23.3 Å². The average molecular weight is 345 g/mol. The van der Waals surface area contributed by atoms with Gasteiger partial charge in [0.05, 0.1) is 4.92 Å². The van der Waals surface area contributed by atoms with Crippen molar-refractivity contribution in [2.24, 2.45) is 0 Å². The summed E-state index contributed by atoms with van der Waals surface area (Å²) in [5.74, 6) is -1.49. The van der Waals surface area contributed by atoms with Crippen LogP contribution in [-0.2, 0) is 20.9 Å². The number of benzene rings is 1. The van der Waals surface area contributed by atoms with Crippen molar-refractivity contribution in [3.05, 3.63) is 68.6 Å². The van der Waals surface area contributed by atoms with Crippen molar-refractivity contribution < 1.29 is 19.2 Å². The molecule has 1 heterocycles. The van der Waals surface area contributed by atoms with E-state index in [-0.39, 0.29) is 23.5 Å². The van der Waals surface area contributed by atoms with Gasteiger partial charge in [-0.3, -0.25) is 24.5 Å². The fourth-order valence-electron chi connectivity index (χ4n) is 2.06. The maximum absolute atomic E-state index is 11.9. The summed E-state index contributed by atoms with van der Waals surface area (Å²) in [5.41, 5.74) is -0.0764. The molecule has 2 aromatic rings. The van der Waals surface area contributed by atoms with Crippen LogP contribution in [0.4, 0.5) is 11.4 Å². The highest BCUT2D eigenvalue weighted by molar-refractivity contribution is 5.95. The van der Waals surface area contributed by atoms with Gasteiger partial charge >= 0.3 is 5.97 Å². The minimum atomic E-state index is -0.775. The summed E-state index contributed by atoms with van der Waals surface area (Å²) in [6.45, 7) is 0.653. The molecule has 9 nitrogen and oxygen atoms in total. The van der Waals surface area contributed by atoms with Crippen LogP contribution in [0.15, 0.2) is 47.4 Å². The zero-order valence-electron chi connectivity index (χ0n) is 13.3. The first-order chi connectivity index (χ1) is 11.9. The number of aryl methyl sites for hydroxylation is 1. The largest absolute Gasteiger partial charge is 0.454 e. The summed E-state index contributed by atoms with van der Waals surface area (Å²) < 4.78 is 5.93. The van der Waals surface area contributed by atoms with Gasteiger partial charge in [-0.2, -0.15) is 0 Å². The van der Waals surface area contributed by atoms with Crippen LogP contribution >= 0.6 is 0 Å². The number of carbonyl (C=O) groups is 2. The van der Waals surface area contributed by atoms with Crippen LogP contribution < -0.4 is 10.9 Å². The number of nitro groups is 1. The highest BCUT2D eigenvalue weighted by Crippen LogP contribution is 2.27. The second-order valence-corrected chi connectivity index (χ2v) is 5.10. The molecule has 0 radical (unpaired) electrons. The molecule has 0 saturated carbocycles. The van der Waals surface area contributed by atoms with Crippen molar-refractivity contribution in [2.45, 2.75) is 13.5 Å². The lowest BCUT2D eigenvalue weighted by molar-refractivity contribution is -0.384. The first kappa shape index (κ1) is 17.9. The molecule has 1 amide bonds. The van der Waals surface area contributed by atoms with Gasteiger partial charge in [-0.1, -0.05) is 18.2 Å². The molecule has 0 aliphatic rings. The second-order valence-electron chi connectivity index (χ2n) is 5.10. The summed E-state index contributed by atoms with van der Waals surface area (Å²) >= 11 is 0. The summed E-state index contributed by atoms with van der Waals surface area (Å²) in [6.07, 6.45) is 1.42. The molecule has 130 valence electrons. The third-order valence-corrected chi connectivity index (χ3v) is 3.27. The number of amides is 1. The normalized spacial score (nSPS) is 10.1. The lowest BCUT2D eigenvalue weighted by Crippen LogP contribution is -2.27. The molecule has 0 fully saturated rings. The van der Waals surface area contributed by atoms with Gasteiger partial charge in [0.15, 0.2) is 6.61 Å². The molecule has 25 heavy (non-hydrogen) atoms. The van der Waals surface area contributed by atoms with Crippen molar-refractivity contribution in [3.8, 4) is 0 Å². The van der Waals surface area contributed by atoms with Gasteiger partial charge < -0.3 is 14.6 Å². The first-order valence-corrected chi connectivity index (χ1v) is 7.23. The fourth-order valence-corrected chi connectivity index (χ4v) is 2.06. The van der Waals surface area contributed by atoms with Crippen LogP contribution in [0.3, 0.4) is 0 Å². The molecule has 0 spiro atoms. The molecule has 0 unspecified atom stereocenters. The van der Waals surface area contributed by atoms with Crippen LogP contribution in [0.2, 0.25) is 0 Å². The Labute approximate surface area is 142 Å². The Morgan fingerprint density at radius 1 is 1.24 bits per heavy atom. The molecule has 0 saturated heterocycles. The maximum atomic E-state index is 11.9. The summed E-state index contributed by atoms with van der Waals surface area (Å²) in [6, 6.07) is 8.77. The zero-order valence-corrected chi connectivity index (χ0v) is 13.3. The van der Waals surface area contributed by atoms with Gasteiger partial charge in [0.1, 0.15) is 12.2 Å². The number of carbonyl (C=O) groups excluding carboxylic acids is 2. The van der Waals surface area contributed by atoms with E-state index < -0.39 is 23.4 Å². The smallest absolute Gasteiger partial charge is 0.326 e. The third kappa shape index (κ3) is 4.74. The standard InChI is InChI=1S/C16H15N3O6/c1-11-5-4-6-12(19(23)24)16(11)17-13(20)10-25-15(22)9-18-8-3-2-7-14(18)21/h2-8H,9-10H2,1H3,(H,17,20). The topological polar surface area (TPSA) is 121 Å². The molecule has 2 rings (SSSR count). The molecule has 1 N–H and O–H groups in total. The Morgan fingerprint density at radius 3 is 2.68 bits per heavy atom. The Bertz CT molecular complexity index is 874. The second kappa shape index (κ2) is 7.86. The van der Waals surface area contributed by atoms with Crippen LogP contribution in [0.25, 0.3) is 0 Å². The lowest BCUT2D eigenvalue weighted by Gasteiger charge is -2.10. The molecule has 0 aliphatic heterocycles. The van der Waals surface area contributed by atoms with E-state index in [1.54, 1.807) is 19.1 Å². The average Bonchev–Trinajstić information content (AvgIpc) is 2.56. The van der Waals surface area contributed by atoms with Gasteiger partial charge in [-0.05, 0) is 18.6 Å². The van der Waals surface area contributed by atoms with E-state index >= 15 is 0 Å². The predicted molar refractivity (Wildman–Crippen MR) is 88.1 cm³/mol. The van der Waals surface area contributed by atoms with Crippen molar-refractivity contribution in [3.63, 3.8) is 0 Å². The van der Waals surface area contributed by atoms with Gasteiger partial charge in [0.25, 0.3) is 17.2 Å². The van der Waals surface area contributed by atoms with Gasteiger partial charge in [-0.15, -0.1) is 0 Å². The fraction of sp³-hybridized carbons (Fsp3) is 0.188. The number of para-hydroxylation sites is 1. The molecule has 0 bridgehead atoms. The molecule has 0 aliphatic carbocycles. The minimum absolute atomic E-state index is 0.0489. The molecular formula is C16H15N3O6. The highest BCUT2D eigenvalue weighted by atomic mass is 16.6. The van der Waals surface area contributed by atoms with Crippen LogP contribution in [0, 0.1) is 17.0 Å². The van der Waals surface area contributed by atoms with Crippen LogP contribution in [-0.4, -0.2) is 28.0 Å².